The molecule has 9 heteroatoms. The summed E-state index contributed by atoms with van der Waals surface area (Å²) in [6, 6.07) is 12.6. The van der Waals surface area contributed by atoms with Crippen LogP contribution in [-0.2, 0) is 6.54 Å². The van der Waals surface area contributed by atoms with Crippen molar-refractivity contribution in [2.75, 3.05) is 27.2 Å². The van der Waals surface area contributed by atoms with Gasteiger partial charge in [-0.25, -0.2) is 0 Å². The molecule has 6 nitrogen and oxygen atoms in total. The van der Waals surface area contributed by atoms with Gasteiger partial charge in [0, 0.05) is 32.2 Å². The lowest BCUT2D eigenvalue weighted by Crippen LogP contribution is -2.41. The van der Waals surface area contributed by atoms with Gasteiger partial charge in [0.25, 0.3) is 5.91 Å². The van der Waals surface area contributed by atoms with Gasteiger partial charge in [-0.1, -0.05) is 35.3 Å². The van der Waals surface area contributed by atoms with Crippen LogP contribution in [0.5, 0.6) is 5.75 Å². The first-order chi connectivity index (χ1) is 13.0. The van der Waals surface area contributed by atoms with Crippen LogP contribution in [-0.4, -0.2) is 39.1 Å². The van der Waals surface area contributed by atoms with Crippen molar-refractivity contribution in [1.29, 1.82) is 0 Å². The molecule has 1 amide bonds. The van der Waals surface area contributed by atoms with Crippen molar-refractivity contribution in [2.24, 2.45) is 4.99 Å². The molecule has 0 aliphatic heterocycles. The van der Waals surface area contributed by atoms with Crippen molar-refractivity contribution in [3.05, 3.63) is 63.6 Å². The van der Waals surface area contributed by atoms with Gasteiger partial charge in [-0.15, -0.1) is 24.0 Å². The van der Waals surface area contributed by atoms with Gasteiger partial charge >= 0.3 is 0 Å². The minimum atomic E-state index is -0.213. The summed E-state index contributed by atoms with van der Waals surface area (Å²) in [5, 5.41) is 9.93. The van der Waals surface area contributed by atoms with Crippen molar-refractivity contribution in [2.45, 2.75) is 6.54 Å². The molecule has 0 aliphatic carbocycles. The van der Waals surface area contributed by atoms with E-state index in [0.717, 1.165) is 11.3 Å². The van der Waals surface area contributed by atoms with Gasteiger partial charge < -0.3 is 20.7 Å². The largest absolute Gasteiger partial charge is 0.497 e. The first kappa shape index (κ1) is 24.3. The maximum atomic E-state index is 12.1. The summed E-state index contributed by atoms with van der Waals surface area (Å²) in [4.78, 5) is 16.3. The lowest BCUT2D eigenvalue weighted by Gasteiger charge is -2.13. The molecule has 0 heterocycles. The number of nitrogens with zero attached hydrogens (tertiary/aromatic N) is 1. The predicted molar refractivity (Wildman–Crippen MR) is 125 cm³/mol. The summed E-state index contributed by atoms with van der Waals surface area (Å²) in [6.45, 7) is 1.55. The Morgan fingerprint density at radius 1 is 1.04 bits per heavy atom. The lowest BCUT2D eigenvalue weighted by molar-refractivity contribution is 0.0954. The van der Waals surface area contributed by atoms with Gasteiger partial charge in [-0.3, -0.25) is 9.79 Å². The van der Waals surface area contributed by atoms with E-state index in [-0.39, 0.29) is 29.9 Å². The first-order valence-electron chi connectivity index (χ1n) is 8.34. The fraction of sp³-hybridized carbons (Fsp3) is 0.263. The summed E-state index contributed by atoms with van der Waals surface area (Å²) in [6.07, 6.45) is 0. The Balaban J connectivity index is 0.00000392. The zero-order valence-corrected chi connectivity index (χ0v) is 19.4. The number of amides is 1. The van der Waals surface area contributed by atoms with Gasteiger partial charge in [0.1, 0.15) is 5.75 Å². The van der Waals surface area contributed by atoms with Gasteiger partial charge in [-0.05, 0) is 35.9 Å². The van der Waals surface area contributed by atoms with Crippen LogP contribution in [0, 0.1) is 0 Å². The molecular weight excluding hydrogens is 514 g/mol. The highest BCUT2D eigenvalue weighted by Gasteiger charge is 2.07. The van der Waals surface area contributed by atoms with E-state index in [4.69, 9.17) is 27.9 Å². The van der Waals surface area contributed by atoms with Gasteiger partial charge in [0.15, 0.2) is 5.96 Å². The SMILES string of the molecule is CN=C(NCCNC(=O)c1ccc(Cl)c(Cl)c1)NCc1cccc(OC)c1.I. The van der Waals surface area contributed by atoms with E-state index in [1.807, 2.05) is 24.3 Å². The highest BCUT2D eigenvalue weighted by molar-refractivity contribution is 14.0. The Kier molecular flexibility index (Phi) is 11.0. The normalized spacial score (nSPS) is 10.6. The highest BCUT2D eigenvalue weighted by Crippen LogP contribution is 2.22. The monoisotopic (exact) mass is 536 g/mol. The number of carbonyl (C=O) groups excluding carboxylic acids is 1. The van der Waals surface area contributed by atoms with E-state index >= 15 is 0 Å². The van der Waals surface area contributed by atoms with Gasteiger partial charge in [0.2, 0.25) is 0 Å². The molecular formula is C19H23Cl2IN4O2. The molecule has 0 saturated heterocycles. The molecule has 2 aromatic rings. The lowest BCUT2D eigenvalue weighted by atomic mass is 10.2. The van der Waals surface area contributed by atoms with Crippen LogP contribution >= 0.6 is 47.2 Å². The van der Waals surface area contributed by atoms with Crippen molar-refractivity contribution in [3.8, 4) is 5.75 Å². The molecule has 152 valence electrons. The molecule has 0 saturated carbocycles. The molecule has 0 bridgehead atoms. The average Bonchev–Trinajstić information content (AvgIpc) is 2.69. The van der Waals surface area contributed by atoms with E-state index in [1.165, 1.54) is 0 Å². The minimum absolute atomic E-state index is 0. The Morgan fingerprint density at radius 3 is 2.46 bits per heavy atom. The second-order valence-corrected chi connectivity index (χ2v) is 6.40. The number of ether oxygens (including phenoxy) is 1. The van der Waals surface area contributed by atoms with E-state index in [9.17, 15) is 4.79 Å². The molecule has 28 heavy (non-hydrogen) atoms. The second-order valence-electron chi connectivity index (χ2n) is 5.59. The Labute approximate surface area is 192 Å². The Hall–Kier alpha value is -1.71. The van der Waals surface area contributed by atoms with Crippen LogP contribution in [0.4, 0.5) is 0 Å². The van der Waals surface area contributed by atoms with E-state index in [2.05, 4.69) is 20.9 Å². The van der Waals surface area contributed by atoms with Crippen LogP contribution in [0.25, 0.3) is 0 Å². The fourth-order valence-electron chi connectivity index (χ4n) is 2.29. The van der Waals surface area contributed by atoms with Crippen LogP contribution in [0.15, 0.2) is 47.5 Å². The zero-order chi connectivity index (χ0) is 19.6. The minimum Gasteiger partial charge on any atom is -0.497 e. The van der Waals surface area contributed by atoms with Gasteiger partial charge in [0.05, 0.1) is 17.2 Å². The number of guanidine groups is 1. The van der Waals surface area contributed by atoms with Crippen LogP contribution in [0.1, 0.15) is 15.9 Å². The maximum absolute atomic E-state index is 12.1. The standard InChI is InChI=1S/C19H22Cl2N4O2.HI/c1-22-19(25-12-13-4-3-5-15(10-13)27-2)24-9-8-23-18(26)14-6-7-16(20)17(21)11-14;/h3-7,10-11H,8-9,12H2,1-2H3,(H,23,26)(H2,22,24,25);1H. The number of benzene rings is 2. The maximum Gasteiger partial charge on any atom is 0.251 e. The Morgan fingerprint density at radius 2 is 1.79 bits per heavy atom. The van der Waals surface area contributed by atoms with Crippen molar-refractivity contribution in [1.82, 2.24) is 16.0 Å². The second kappa shape index (κ2) is 12.7. The number of aliphatic imine (C=N–C) groups is 1. The summed E-state index contributed by atoms with van der Waals surface area (Å²) < 4.78 is 5.21. The van der Waals surface area contributed by atoms with Crippen LogP contribution in [0.2, 0.25) is 10.0 Å². The molecule has 0 atom stereocenters. The zero-order valence-electron chi connectivity index (χ0n) is 15.6. The number of halogens is 3. The van der Waals surface area contributed by atoms with Crippen LogP contribution in [0.3, 0.4) is 0 Å². The van der Waals surface area contributed by atoms with Crippen molar-refractivity contribution in [3.63, 3.8) is 0 Å². The average molecular weight is 537 g/mol. The number of nitrogens with one attached hydrogen (secondary N) is 3. The van der Waals surface area contributed by atoms with E-state index in [1.54, 1.807) is 32.4 Å². The smallest absolute Gasteiger partial charge is 0.251 e. The number of carbonyl (C=O) groups is 1. The summed E-state index contributed by atoms with van der Waals surface area (Å²) in [7, 11) is 3.33. The quantitative estimate of drug-likeness (QED) is 0.218. The summed E-state index contributed by atoms with van der Waals surface area (Å²) in [5.74, 6) is 1.23. The van der Waals surface area contributed by atoms with Gasteiger partial charge in [-0.2, -0.15) is 0 Å². The predicted octanol–water partition coefficient (Wildman–Crippen LogP) is 3.72. The molecule has 0 aliphatic rings. The molecule has 3 N–H and O–H groups in total. The molecule has 0 radical (unpaired) electrons. The third-order valence-corrected chi connectivity index (χ3v) is 4.44. The molecule has 2 rings (SSSR count). The molecule has 0 spiro atoms. The molecule has 0 unspecified atom stereocenters. The number of rotatable bonds is 7. The summed E-state index contributed by atoms with van der Waals surface area (Å²) >= 11 is 11.8. The molecule has 2 aromatic carbocycles. The Bertz CT molecular complexity index is 818. The van der Waals surface area contributed by atoms with Crippen molar-refractivity contribution < 1.29 is 9.53 Å². The number of methoxy groups -OCH3 is 1. The molecule has 0 fully saturated rings. The van der Waals surface area contributed by atoms with E-state index in [0.29, 0.717) is 41.2 Å². The summed E-state index contributed by atoms with van der Waals surface area (Å²) in [5.41, 5.74) is 1.54. The topological polar surface area (TPSA) is 74.8 Å². The van der Waals surface area contributed by atoms with Crippen molar-refractivity contribution >= 4 is 59.0 Å². The number of hydrogen-bond donors (Lipinski definition) is 3. The van der Waals surface area contributed by atoms with E-state index < -0.39 is 0 Å². The third-order valence-electron chi connectivity index (χ3n) is 3.70. The number of hydrogen-bond acceptors (Lipinski definition) is 3. The third kappa shape index (κ3) is 7.73. The van der Waals surface area contributed by atoms with Crippen LogP contribution < -0.4 is 20.7 Å². The fourth-order valence-corrected chi connectivity index (χ4v) is 2.58. The first-order valence-corrected chi connectivity index (χ1v) is 9.09. The molecule has 0 aromatic heterocycles. The highest BCUT2D eigenvalue weighted by atomic mass is 127.